The molecule has 0 unspecified atom stereocenters. The van der Waals surface area contributed by atoms with E-state index in [2.05, 4.69) is 0 Å². The van der Waals surface area contributed by atoms with Crippen LogP contribution in [0.25, 0.3) is 0 Å². The Bertz CT molecular complexity index is 867. The molecule has 0 atom stereocenters. The van der Waals surface area contributed by atoms with E-state index in [1.165, 1.54) is 24.3 Å². The smallest absolute Gasteiger partial charge is 0.289 e. The minimum atomic E-state index is -4.64. The molecule has 1 aliphatic heterocycles. The lowest BCUT2D eigenvalue weighted by molar-refractivity contribution is -0.137. The number of benzene rings is 2. The van der Waals surface area contributed by atoms with E-state index in [4.69, 9.17) is 0 Å². The number of hydrogen-bond donors (Lipinski definition) is 0. The summed E-state index contributed by atoms with van der Waals surface area (Å²) in [6.07, 6.45) is -4.64. The molecule has 1 heterocycles. The molecule has 0 bridgehead atoms. The van der Waals surface area contributed by atoms with Gasteiger partial charge >= 0.3 is 6.18 Å². The van der Waals surface area contributed by atoms with Crippen LogP contribution in [-0.4, -0.2) is 14.2 Å². The molecule has 21 heavy (non-hydrogen) atoms. The maximum Gasteiger partial charge on any atom is 0.416 e. The van der Waals surface area contributed by atoms with Gasteiger partial charge in [0.15, 0.2) is 5.78 Å². The van der Waals surface area contributed by atoms with Crippen LogP contribution in [0.4, 0.5) is 13.2 Å². The molecule has 2 aromatic carbocycles. The lowest BCUT2D eigenvalue weighted by Crippen LogP contribution is -2.21. The monoisotopic (exact) mass is 312 g/mol. The Kier molecular flexibility index (Phi) is 2.75. The van der Waals surface area contributed by atoms with Gasteiger partial charge in [0.1, 0.15) is 0 Å². The van der Waals surface area contributed by atoms with Gasteiger partial charge in [0, 0.05) is 11.1 Å². The van der Waals surface area contributed by atoms with Crippen molar-refractivity contribution in [1.82, 2.24) is 0 Å². The summed E-state index contributed by atoms with van der Waals surface area (Å²) in [5, 5.41) is 0. The Labute approximate surface area is 117 Å². The molecular weight excluding hydrogens is 305 g/mol. The third-order valence-electron chi connectivity index (χ3n) is 3.26. The van der Waals surface area contributed by atoms with Gasteiger partial charge in [-0.1, -0.05) is 12.1 Å². The van der Waals surface area contributed by atoms with E-state index in [9.17, 15) is 26.4 Å². The molecule has 0 radical (unpaired) electrons. The summed E-state index contributed by atoms with van der Waals surface area (Å²) < 4.78 is 62.9. The molecule has 7 heteroatoms. The molecule has 0 spiro atoms. The summed E-state index contributed by atoms with van der Waals surface area (Å²) >= 11 is 0. The lowest BCUT2D eigenvalue weighted by atomic mass is 10.0. The van der Waals surface area contributed by atoms with Crippen LogP contribution in [0.15, 0.2) is 52.3 Å². The van der Waals surface area contributed by atoms with Crippen LogP contribution in [-0.2, 0) is 16.0 Å². The van der Waals surface area contributed by atoms with Crippen molar-refractivity contribution in [2.75, 3.05) is 0 Å². The van der Waals surface area contributed by atoms with E-state index >= 15 is 0 Å². The van der Waals surface area contributed by atoms with Crippen molar-refractivity contribution in [2.45, 2.75) is 16.0 Å². The molecule has 0 amide bonds. The van der Waals surface area contributed by atoms with Crippen LogP contribution in [0.5, 0.6) is 0 Å². The number of fused-ring (bicyclic) bond motifs is 2. The van der Waals surface area contributed by atoms with E-state index in [0.717, 1.165) is 6.07 Å². The van der Waals surface area contributed by atoms with Crippen molar-refractivity contribution in [3.63, 3.8) is 0 Å². The Morgan fingerprint density at radius 2 is 1.48 bits per heavy atom. The molecule has 0 N–H and O–H groups in total. The first-order chi connectivity index (χ1) is 9.73. The maximum absolute atomic E-state index is 12.7. The third kappa shape index (κ3) is 1.96. The highest BCUT2D eigenvalue weighted by Crippen LogP contribution is 2.37. The highest BCUT2D eigenvalue weighted by atomic mass is 32.2. The average Bonchev–Trinajstić information content (AvgIpc) is 2.44. The van der Waals surface area contributed by atoms with E-state index in [1.54, 1.807) is 0 Å². The molecular formula is C14H7F3O3S. The summed E-state index contributed by atoms with van der Waals surface area (Å²) in [7, 11) is -3.98. The summed E-state index contributed by atoms with van der Waals surface area (Å²) in [5.74, 6) is -0.721. The second kappa shape index (κ2) is 4.17. The first kappa shape index (κ1) is 13.8. The van der Waals surface area contributed by atoms with Crippen molar-refractivity contribution >= 4 is 15.6 Å². The molecule has 0 fully saturated rings. The fourth-order valence-corrected chi connectivity index (χ4v) is 3.90. The average molecular weight is 312 g/mol. The first-order valence-corrected chi connectivity index (χ1v) is 7.31. The molecule has 0 aliphatic carbocycles. The second-order valence-electron chi connectivity index (χ2n) is 4.54. The predicted octanol–water partition coefficient (Wildman–Crippen LogP) is 3.08. The van der Waals surface area contributed by atoms with Crippen LogP contribution >= 0.6 is 0 Å². The number of hydrogen-bond acceptors (Lipinski definition) is 3. The van der Waals surface area contributed by atoms with Gasteiger partial charge in [-0.2, -0.15) is 13.2 Å². The zero-order valence-electron chi connectivity index (χ0n) is 10.3. The Balaban J connectivity index is 2.34. The van der Waals surface area contributed by atoms with Crippen molar-refractivity contribution < 1.29 is 26.4 Å². The Morgan fingerprint density at radius 3 is 2.14 bits per heavy atom. The Morgan fingerprint density at radius 1 is 0.857 bits per heavy atom. The zero-order valence-corrected chi connectivity index (χ0v) is 11.1. The fraction of sp³-hybridized carbons (Fsp3) is 0.0714. The number of carbonyl (C=O) groups is 1. The van der Waals surface area contributed by atoms with Crippen molar-refractivity contribution in [3.8, 4) is 0 Å². The molecule has 2 aromatic rings. The van der Waals surface area contributed by atoms with Gasteiger partial charge in [-0.15, -0.1) is 0 Å². The zero-order chi connectivity index (χ0) is 15.4. The van der Waals surface area contributed by atoms with Gasteiger partial charge < -0.3 is 0 Å². The largest absolute Gasteiger partial charge is 0.416 e. The molecule has 0 aromatic heterocycles. The predicted molar refractivity (Wildman–Crippen MR) is 66.8 cm³/mol. The quantitative estimate of drug-likeness (QED) is 0.641. The Hall–Kier alpha value is -2.15. The van der Waals surface area contributed by atoms with Crippen molar-refractivity contribution in [3.05, 3.63) is 59.2 Å². The van der Waals surface area contributed by atoms with Crippen LogP contribution in [0.3, 0.4) is 0 Å². The van der Waals surface area contributed by atoms with Crippen LogP contribution in [0.1, 0.15) is 21.5 Å². The van der Waals surface area contributed by atoms with Gasteiger partial charge in [0.25, 0.3) is 0 Å². The van der Waals surface area contributed by atoms with Crippen molar-refractivity contribution in [2.24, 2.45) is 0 Å². The van der Waals surface area contributed by atoms with E-state index in [-0.39, 0.29) is 15.4 Å². The highest BCUT2D eigenvalue weighted by Gasteiger charge is 2.38. The van der Waals surface area contributed by atoms with E-state index < -0.39 is 32.9 Å². The molecule has 108 valence electrons. The van der Waals surface area contributed by atoms with E-state index in [0.29, 0.717) is 12.1 Å². The second-order valence-corrected chi connectivity index (χ2v) is 6.42. The minimum Gasteiger partial charge on any atom is -0.289 e. The standard InChI is InChI=1S/C14H7F3O3S/c15-14(16,17)8-5-6-12-10(7-8)13(18)9-3-1-2-4-11(9)21(12,19)20/h1-7H. The topological polar surface area (TPSA) is 51.2 Å². The van der Waals surface area contributed by atoms with Crippen molar-refractivity contribution in [1.29, 1.82) is 0 Å². The minimum absolute atomic E-state index is 0.107. The van der Waals surface area contributed by atoms with Crippen LogP contribution in [0, 0.1) is 0 Å². The number of halogens is 3. The molecule has 1 aliphatic rings. The molecule has 0 saturated carbocycles. The van der Waals surface area contributed by atoms with Gasteiger partial charge in [0.05, 0.1) is 15.4 Å². The summed E-state index contributed by atoms with van der Waals surface area (Å²) in [6.45, 7) is 0. The molecule has 0 saturated heterocycles. The van der Waals surface area contributed by atoms with Crippen LogP contribution in [0.2, 0.25) is 0 Å². The number of rotatable bonds is 0. The fourth-order valence-electron chi connectivity index (χ4n) is 2.27. The summed E-state index contributed by atoms with van der Waals surface area (Å²) in [4.78, 5) is 11.7. The maximum atomic E-state index is 12.7. The third-order valence-corrected chi connectivity index (χ3v) is 5.13. The molecule has 3 nitrogen and oxygen atoms in total. The normalized spacial score (nSPS) is 16.2. The van der Waals surface area contributed by atoms with Gasteiger partial charge in [-0.3, -0.25) is 4.79 Å². The van der Waals surface area contributed by atoms with Crippen LogP contribution < -0.4 is 0 Å². The molecule has 3 rings (SSSR count). The van der Waals surface area contributed by atoms with Gasteiger partial charge in [-0.05, 0) is 30.3 Å². The van der Waals surface area contributed by atoms with E-state index in [1.807, 2.05) is 0 Å². The van der Waals surface area contributed by atoms with Gasteiger partial charge in [0.2, 0.25) is 9.84 Å². The van der Waals surface area contributed by atoms with Gasteiger partial charge in [-0.25, -0.2) is 8.42 Å². The summed E-state index contributed by atoms with van der Waals surface area (Å²) in [6, 6.07) is 7.56. The number of ketones is 1. The first-order valence-electron chi connectivity index (χ1n) is 5.83. The number of sulfone groups is 1. The lowest BCUT2D eigenvalue weighted by Gasteiger charge is -2.19. The highest BCUT2D eigenvalue weighted by molar-refractivity contribution is 7.91. The number of carbonyl (C=O) groups excluding carboxylic acids is 1. The number of alkyl halides is 3. The summed E-state index contributed by atoms with van der Waals surface area (Å²) in [5.41, 5.74) is -1.60. The SMILES string of the molecule is O=C1c2ccccc2S(=O)(=O)c2ccc(C(F)(F)F)cc21.